The molecule has 0 saturated carbocycles. The molecule has 76 valence electrons. The van der Waals surface area contributed by atoms with Gasteiger partial charge in [-0.1, -0.05) is 11.6 Å². The minimum absolute atomic E-state index is 0.459. The molecule has 1 atom stereocenters. The van der Waals surface area contributed by atoms with Crippen LogP contribution in [0.4, 0.5) is 13.2 Å². The van der Waals surface area contributed by atoms with Crippen LogP contribution >= 0.6 is 11.6 Å². The van der Waals surface area contributed by atoms with Crippen LogP contribution in [-0.2, 0) is 4.79 Å². The van der Waals surface area contributed by atoms with Gasteiger partial charge in [0.25, 0.3) is 0 Å². The molecule has 0 aliphatic rings. The van der Waals surface area contributed by atoms with Gasteiger partial charge < -0.3 is 5.11 Å². The lowest BCUT2D eigenvalue weighted by atomic mass is 10.1. The molecule has 1 rings (SSSR count). The van der Waals surface area contributed by atoms with Crippen molar-refractivity contribution in [2.45, 2.75) is 6.17 Å². The van der Waals surface area contributed by atoms with E-state index in [1.54, 1.807) is 0 Å². The maximum atomic E-state index is 12.9. The van der Waals surface area contributed by atoms with E-state index in [2.05, 4.69) is 0 Å². The average molecular weight is 225 g/mol. The van der Waals surface area contributed by atoms with Crippen LogP contribution in [0.2, 0.25) is 5.02 Å². The lowest BCUT2D eigenvalue weighted by Crippen LogP contribution is -2.09. The highest BCUT2D eigenvalue weighted by atomic mass is 35.5. The Bertz CT molecular complexity index is 381. The molecule has 0 spiro atoms. The zero-order valence-corrected chi connectivity index (χ0v) is 7.36. The Balaban J connectivity index is 3.32. The molecule has 1 unspecified atom stereocenters. The first-order chi connectivity index (χ1) is 6.45. The fourth-order valence-corrected chi connectivity index (χ4v) is 1.14. The molecule has 0 aliphatic carbocycles. The highest BCUT2D eigenvalue weighted by Gasteiger charge is 2.27. The second-order valence-electron chi connectivity index (χ2n) is 2.46. The number of carboxylic acids is 1. The minimum atomic E-state index is -2.67. The molecule has 0 radical (unpaired) electrons. The third-order valence-corrected chi connectivity index (χ3v) is 1.88. The molecule has 1 aromatic carbocycles. The van der Waals surface area contributed by atoms with E-state index in [0.717, 1.165) is 6.07 Å². The molecular formula is C8H4ClF3O2. The largest absolute Gasteiger partial charge is 0.479 e. The Kier molecular flexibility index (Phi) is 3.00. The fraction of sp³-hybridized carbons (Fsp3) is 0.125. The van der Waals surface area contributed by atoms with Crippen LogP contribution in [0.25, 0.3) is 0 Å². The van der Waals surface area contributed by atoms with Gasteiger partial charge >= 0.3 is 5.97 Å². The van der Waals surface area contributed by atoms with Gasteiger partial charge in [0, 0.05) is 0 Å². The predicted molar refractivity (Wildman–Crippen MR) is 42.9 cm³/mol. The van der Waals surface area contributed by atoms with Gasteiger partial charge in [0.05, 0.1) is 10.6 Å². The van der Waals surface area contributed by atoms with Crippen molar-refractivity contribution >= 4 is 17.6 Å². The lowest BCUT2D eigenvalue weighted by molar-refractivity contribution is -0.143. The molecule has 0 aliphatic heterocycles. The average Bonchev–Trinajstić information content (AvgIpc) is 2.12. The molecule has 6 heteroatoms. The van der Waals surface area contributed by atoms with E-state index in [9.17, 15) is 18.0 Å². The van der Waals surface area contributed by atoms with Gasteiger partial charge in [-0.2, -0.15) is 0 Å². The van der Waals surface area contributed by atoms with Crippen molar-refractivity contribution in [3.63, 3.8) is 0 Å². The molecule has 0 amide bonds. The van der Waals surface area contributed by atoms with Crippen LogP contribution in [0.3, 0.4) is 0 Å². The quantitative estimate of drug-likeness (QED) is 0.785. The number of alkyl halides is 1. The van der Waals surface area contributed by atoms with Gasteiger partial charge in [0.15, 0.2) is 11.6 Å². The van der Waals surface area contributed by atoms with Crippen LogP contribution in [0.15, 0.2) is 12.1 Å². The van der Waals surface area contributed by atoms with Crippen molar-refractivity contribution in [3.05, 3.63) is 34.4 Å². The smallest absolute Gasteiger partial charge is 0.343 e. The summed E-state index contributed by atoms with van der Waals surface area (Å²) in [6, 6.07) is 1.58. The number of carbonyl (C=O) groups is 1. The Morgan fingerprint density at radius 1 is 1.43 bits per heavy atom. The number of hydrogen-bond acceptors (Lipinski definition) is 1. The van der Waals surface area contributed by atoms with Crippen LogP contribution in [0.5, 0.6) is 0 Å². The number of hydrogen-bond donors (Lipinski definition) is 1. The van der Waals surface area contributed by atoms with E-state index in [0.29, 0.717) is 6.07 Å². The van der Waals surface area contributed by atoms with Gasteiger partial charge in [-0.25, -0.2) is 18.0 Å². The Hall–Kier alpha value is -1.23. The van der Waals surface area contributed by atoms with Gasteiger partial charge in [0.1, 0.15) is 0 Å². The summed E-state index contributed by atoms with van der Waals surface area (Å²) in [4.78, 5) is 10.2. The van der Waals surface area contributed by atoms with E-state index in [1.165, 1.54) is 0 Å². The van der Waals surface area contributed by atoms with Gasteiger partial charge in [-0.15, -0.1) is 0 Å². The first-order valence-electron chi connectivity index (χ1n) is 3.45. The molecule has 0 fully saturated rings. The molecule has 0 saturated heterocycles. The third kappa shape index (κ3) is 1.82. The monoisotopic (exact) mass is 224 g/mol. The number of halogens is 4. The number of aliphatic carboxylic acids is 1. The van der Waals surface area contributed by atoms with E-state index < -0.39 is 34.4 Å². The van der Waals surface area contributed by atoms with E-state index in [1.807, 2.05) is 0 Å². The number of benzene rings is 1. The summed E-state index contributed by atoms with van der Waals surface area (Å²) < 4.78 is 38.4. The summed E-state index contributed by atoms with van der Waals surface area (Å²) >= 11 is 5.33. The summed E-state index contributed by atoms with van der Waals surface area (Å²) in [6.07, 6.45) is -2.67. The molecule has 1 N–H and O–H groups in total. The highest BCUT2D eigenvalue weighted by Crippen LogP contribution is 2.29. The molecule has 0 aromatic heterocycles. The standard InChI is InChI=1S/C8H4ClF3O2/c9-3-1-2-4(10)6(11)5(3)7(12)8(13)14/h1-2,7H,(H,13,14). The summed E-state index contributed by atoms with van der Waals surface area (Å²) in [5.41, 5.74) is -0.987. The lowest BCUT2D eigenvalue weighted by Gasteiger charge is -2.07. The Labute approximate surface area is 81.9 Å². The van der Waals surface area contributed by atoms with Crippen molar-refractivity contribution in [1.29, 1.82) is 0 Å². The van der Waals surface area contributed by atoms with E-state index in [-0.39, 0.29) is 0 Å². The second-order valence-corrected chi connectivity index (χ2v) is 2.86. The van der Waals surface area contributed by atoms with Crippen molar-refractivity contribution in [3.8, 4) is 0 Å². The topological polar surface area (TPSA) is 37.3 Å². The molecule has 0 bridgehead atoms. The second kappa shape index (κ2) is 3.88. The van der Waals surface area contributed by atoms with Gasteiger partial charge in [-0.05, 0) is 12.1 Å². The van der Waals surface area contributed by atoms with Crippen LogP contribution in [-0.4, -0.2) is 11.1 Å². The maximum Gasteiger partial charge on any atom is 0.343 e. The maximum absolute atomic E-state index is 12.9. The highest BCUT2D eigenvalue weighted by molar-refractivity contribution is 6.31. The third-order valence-electron chi connectivity index (χ3n) is 1.55. The van der Waals surface area contributed by atoms with Crippen molar-refractivity contribution in [1.82, 2.24) is 0 Å². The van der Waals surface area contributed by atoms with Gasteiger partial charge in [-0.3, -0.25) is 0 Å². The molecule has 0 heterocycles. The summed E-state index contributed by atoms with van der Waals surface area (Å²) in [7, 11) is 0. The summed E-state index contributed by atoms with van der Waals surface area (Å²) in [5.74, 6) is -4.84. The van der Waals surface area contributed by atoms with Crippen LogP contribution in [0.1, 0.15) is 11.7 Å². The van der Waals surface area contributed by atoms with E-state index in [4.69, 9.17) is 16.7 Å². The molecule has 14 heavy (non-hydrogen) atoms. The number of rotatable bonds is 2. The molecule has 2 nitrogen and oxygen atoms in total. The van der Waals surface area contributed by atoms with Crippen molar-refractivity contribution < 1.29 is 23.1 Å². The Morgan fingerprint density at radius 2 is 2.00 bits per heavy atom. The summed E-state index contributed by atoms with van der Waals surface area (Å²) in [6.45, 7) is 0. The van der Waals surface area contributed by atoms with Crippen molar-refractivity contribution in [2.75, 3.05) is 0 Å². The zero-order chi connectivity index (χ0) is 10.9. The van der Waals surface area contributed by atoms with Crippen molar-refractivity contribution in [2.24, 2.45) is 0 Å². The van der Waals surface area contributed by atoms with E-state index >= 15 is 0 Å². The summed E-state index contributed by atoms with van der Waals surface area (Å²) in [5, 5.41) is 7.79. The molecule has 1 aromatic rings. The van der Waals surface area contributed by atoms with Gasteiger partial charge in [0.2, 0.25) is 6.17 Å². The minimum Gasteiger partial charge on any atom is -0.479 e. The first kappa shape index (κ1) is 10.8. The predicted octanol–water partition coefficient (Wildman–Crippen LogP) is 2.71. The number of carboxylic acid groups (broad SMARTS) is 1. The SMILES string of the molecule is O=C(O)C(F)c1c(Cl)ccc(F)c1F. The van der Waals surface area contributed by atoms with Crippen LogP contribution < -0.4 is 0 Å². The first-order valence-corrected chi connectivity index (χ1v) is 3.83. The zero-order valence-electron chi connectivity index (χ0n) is 6.60. The molecular weight excluding hydrogens is 221 g/mol. The van der Waals surface area contributed by atoms with Crippen LogP contribution in [0, 0.1) is 11.6 Å². The Morgan fingerprint density at radius 3 is 2.50 bits per heavy atom. The normalized spacial score (nSPS) is 12.6. The fourth-order valence-electron chi connectivity index (χ4n) is 0.899.